The van der Waals surface area contributed by atoms with E-state index in [0.717, 1.165) is 0 Å². The maximum Gasteiger partial charge on any atom is 0.497 e. The first kappa shape index (κ1) is 15.8. The lowest BCUT2D eigenvalue weighted by molar-refractivity contribution is 0.00578. The van der Waals surface area contributed by atoms with Crippen molar-refractivity contribution in [3.05, 3.63) is 28.3 Å². The van der Waals surface area contributed by atoms with E-state index < -0.39 is 24.2 Å². The van der Waals surface area contributed by atoms with Crippen LogP contribution in [0.2, 0.25) is 0 Å². The highest BCUT2D eigenvalue weighted by Crippen LogP contribution is 2.36. The van der Waals surface area contributed by atoms with E-state index in [9.17, 15) is 9.59 Å². The Morgan fingerprint density at radius 1 is 1.26 bits per heavy atom. The Kier molecular flexibility index (Phi) is 3.25. The summed E-state index contributed by atoms with van der Waals surface area (Å²) in [4.78, 5) is 26.5. The van der Waals surface area contributed by atoms with Crippen LogP contribution in [0.25, 0.3) is 10.9 Å². The fraction of sp³-hybridized carbons (Fsp3) is 0.467. The number of amides is 1. The van der Waals surface area contributed by atoms with Crippen LogP contribution in [0, 0.1) is 0 Å². The van der Waals surface area contributed by atoms with Crippen molar-refractivity contribution < 1.29 is 14.1 Å². The lowest BCUT2D eigenvalue weighted by Gasteiger charge is -2.32. The third-order valence-corrected chi connectivity index (χ3v) is 4.77. The van der Waals surface area contributed by atoms with Gasteiger partial charge in [-0.25, -0.2) is 0 Å². The van der Waals surface area contributed by atoms with Crippen LogP contribution in [-0.4, -0.2) is 33.8 Å². The number of nitrogens with zero attached hydrogens (tertiary/aromatic N) is 1. The van der Waals surface area contributed by atoms with Gasteiger partial charge < -0.3 is 24.6 Å². The second-order valence-electron chi connectivity index (χ2n) is 6.92. The number of carbonyl (C=O) groups excluding carboxylic acids is 1. The SMILES string of the molecule is Cn1cc(B2OC(C)(C)C(C)(C)O2)c2cc(C(N)=O)[nH]c2c1=O. The topological polar surface area (TPSA) is 99.3 Å². The van der Waals surface area contributed by atoms with Crippen molar-refractivity contribution in [1.82, 2.24) is 9.55 Å². The predicted octanol–water partition coefficient (Wildman–Crippen LogP) is 0.265. The third-order valence-electron chi connectivity index (χ3n) is 4.77. The Morgan fingerprint density at radius 2 is 1.83 bits per heavy atom. The number of hydrogen-bond acceptors (Lipinski definition) is 4. The van der Waals surface area contributed by atoms with E-state index in [-0.39, 0.29) is 11.3 Å². The van der Waals surface area contributed by atoms with Gasteiger partial charge in [0.25, 0.3) is 11.5 Å². The molecule has 3 heterocycles. The first-order valence-electron chi connectivity index (χ1n) is 7.41. The molecule has 1 saturated heterocycles. The highest BCUT2D eigenvalue weighted by atomic mass is 16.7. The smallest absolute Gasteiger partial charge is 0.399 e. The van der Waals surface area contributed by atoms with E-state index in [1.54, 1.807) is 19.3 Å². The zero-order valence-corrected chi connectivity index (χ0v) is 13.9. The molecule has 0 atom stereocenters. The van der Waals surface area contributed by atoms with Crippen LogP contribution in [0.4, 0.5) is 0 Å². The summed E-state index contributed by atoms with van der Waals surface area (Å²) in [6, 6.07) is 1.57. The van der Waals surface area contributed by atoms with Gasteiger partial charge in [0.2, 0.25) is 0 Å². The van der Waals surface area contributed by atoms with E-state index >= 15 is 0 Å². The number of primary amides is 1. The number of rotatable bonds is 2. The summed E-state index contributed by atoms with van der Waals surface area (Å²) in [5, 5.41) is 0.584. The average Bonchev–Trinajstić information content (AvgIpc) is 2.94. The van der Waals surface area contributed by atoms with Crippen molar-refractivity contribution in [3.8, 4) is 0 Å². The molecule has 8 heteroatoms. The maximum atomic E-state index is 12.3. The standard InChI is InChI=1S/C15H20BN3O4/c1-14(2)15(3,4)23-16(22-14)9-7-19(5)13(21)11-8(9)6-10(18-11)12(17)20/h6-7,18H,1-5H3,(H2,17,20). The van der Waals surface area contributed by atoms with Gasteiger partial charge in [0, 0.05) is 24.1 Å². The summed E-state index contributed by atoms with van der Waals surface area (Å²) in [6.45, 7) is 7.83. The Balaban J connectivity index is 2.21. The summed E-state index contributed by atoms with van der Waals surface area (Å²) in [5.41, 5.74) is 5.25. The molecule has 0 unspecified atom stereocenters. The Labute approximate surface area is 133 Å². The summed E-state index contributed by atoms with van der Waals surface area (Å²) in [5.74, 6) is -0.622. The van der Waals surface area contributed by atoms with E-state index in [4.69, 9.17) is 15.0 Å². The second kappa shape index (κ2) is 4.72. The number of fused-ring (bicyclic) bond motifs is 1. The number of H-pyrrole nitrogens is 1. The lowest BCUT2D eigenvalue weighted by Crippen LogP contribution is -2.41. The molecular formula is C15H20BN3O4. The Bertz CT molecular complexity index is 849. The molecule has 0 spiro atoms. The summed E-state index contributed by atoms with van der Waals surface area (Å²) >= 11 is 0. The molecule has 1 fully saturated rings. The molecule has 1 amide bonds. The minimum Gasteiger partial charge on any atom is -0.399 e. The van der Waals surface area contributed by atoms with E-state index in [2.05, 4.69) is 4.98 Å². The molecule has 0 aliphatic carbocycles. The zero-order chi connectivity index (χ0) is 17.2. The van der Waals surface area contributed by atoms with Crippen LogP contribution in [0.3, 0.4) is 0 Å². The van der Waals surface area contributed by atoms with Crippen molar-refractivity contribution in [2.75, 3.05) is 0 Å². The first-order chi connectivity index (χ1) is 10.5. The number of nitrogens with one attached hydrogen (secondary N) is 1. The predicted molar refractivity (Wildman–Crippen MR) is 87.8 cm³/mol. The summed E-state index contributed by atoms with van der Waals surface area (Å²) in [6.07, 6.45) is 1.67. The molecule has 1 aliphatic rings. The van der Waals surface area contributed by atoms with Crippen LogP contribution in [0.1, 0.15) is 38.2 Å². The molecule has 2 aromatic rings. The van der Waals surface area contributed by atoms with Crippen molar-refractivity contribution in [2.45, 2.75) is 38.9 Å². The quantitative estimate of drug-likeness (QED) is 0.776. The van der Waals surface area contributed by atoms with Gasteiger partial charge >= 0.3 is 7.12 Å². The van der Waals surface area contributed by atoms with Crippen molar-refractivity contribution in [2.24, 2.45) is 12.8 Å². The van der Waals surface area contributed by atoms with Crippen molar-refractivity contribution in [1.29, 1.82) is 0 Å². The molecule has 0 saturated carbocycles. The number of carbonyl (C=O) groups is 1. The minimum atomic E-state index is -0.633. The normalized spacial score (nSPS) is 19.4. The van der Waals surface area contributed by atoms with Gasteiger partial charge in [-0.05, 0) is 33.8 Å². The molecule has 2 aromatic heterocycles. The van der Waals surface area contributed by atoms with E-state index in [1.165, 1.54) is 4.57 Å². The van der Waals surface area contributed by atoms with Crippen LogP contribution in [0.5, 0.6) is 0 Å². The number of nitrogens with two attached hydrogens (primary N) is 1. The fourth-order valence-electron chi connectivity index (χ4n) is 2.65. The van der Waals surface area contributed by atoms with Crippen molar-refractivity contribution >= 4 is 29.4 Å². The molecule has 122 valence electrons. The van der Waals surface area contributed by atoms with Gasteiger partial charge in [-0.15, -0.1) is 0 Å². The molecule has 3 N–H and O–H groups in total. The van der Waals surface area contributed by atoms with Gasteiger partial charge in [0.15, 0.2) is 0 Å². The maximum absolute atomic E-state index is 12.3. The van der Waals surface area contributed by atoms with Crippen LogP contribution in [0.15, 0.2) is 17.1 Å². The molecular weight excluding hydrogens is 297 g/mol. The zero-order valence-electron chi connectivity index (χ0n) is 13.9. The van der Waals surface area contributed by atoms with Crippen LogP contribution in [-0.2, 0) is 16.4 Å². The van der Waals surface area contributed by atoms with Crippen molar-refractivity contribution in [3.63, 3.8) is 0 Å². The summed E-state index contributed by atoms with van der Waals surface area (Å²) < 4.78 is 13.5. The first-order valence-corrected chi connectivity index (χ1v) is 7.41. The monoisotopic (exact) mass is 317 g/mol. The number of aromatic amines is 1. The Morgan fingerprint density at radius 3 is 2.35 bits per heavy atom. The number of hydrogen-bond donors (Lipinski definition) is 2. The molecule has 3 rings (SSSR count). The van der Waals surface area contributed by atoms with Crippen LogP contribution < -0.4 is 16.8 Å². The van der Waals surface area contributed by atoms with Gasteiger partial charge in [-0.3, -0.25) is 9.59 Å². The van der Waals surface area contributed by atoms with Gasteiger partial charge in [0.1, 0.15) is 11.2 Å². The van der Waals surface area contributed by atoms with Gasteiger partial charge in [0.05, 0.1) is 11.2 Å². The Hall–Kier alpha value is -2.06. The number of aryl methyl sites for hydroxylation is 1. The van der Waals surface area contributed by atoms with E-state index in [1.807, 2.05) is 27.7 Å². The highest BCUT2D eigenvalue weighted by Gasteiger charge is 2.52. The number of aromatic nitrogens is 2. The lowest BCUT2D eigenvalue weighted by atomic mass is 9.78. The molecule has 7 nitrogen and oxygen atoms in total. The fourth-order valence-corrected chi connectivity index (χ4v) is 2.65. The van der Waals surface area contributed by atoms with E-state index in [0.29, 0.717) is 16.4 Å². The number of pyridine rings is 1. The molecule has 0 aromatic carbocycles. The largest absolute Gasteiger partial charge is 0.497 e. The molecule has 0 radical (unpaired) electrons. The average molecular weight is 317 g/mol. The van der Waals surface area contributed by atoms with Gasteiger partial charge in [-0.1, -0.05) is 0 Å². The molecule has 0 bridgehead atoms. The second-order valence-corrected chi connectivity index (χ2v) is 6.92. The van der Waals surface area contributed by atoms with Gasteiger partial charge in [-0.2, -0.15) is 0 Å². The van der Waals surface area contributed by atoms with Crippen LogP contribution >= 0.6 is 0 Å². The molecule has 23 heavy (non-hydrogen) atoms. The third kappa shape index (κ3) is 2.29. The highest BCUT2D eigenvalue weighted by molar-refractivity contribution is 6.65. The minimum absolute atomic E-state index is 0.182. The summed E-state index contributed by atoms with van der Waals surface area (Å²) in [7, 11) is 1.01. The molecule has 1 aliphatic heterocycles.